The molecule has 0 unspecified atom stereocenters. The number of hydrogen-bond donors (Lipinski definition) is 0. The monoisotopic (exact) mass is 303 g/mol. The van der Waals surface area contributed by atoms with E-state index in [4.69, 9.17) is 16.3 Å². The standard InChI is InChI=1S/C13H16ClF2N3O/c14-11-5-9(13(15)16)6-12(17-11)19-3-1-18(2-4-19)10-7-20-8-10/h5-6,10,13H,1-4,7-8H2. The number of aromatic nitrogens is 1. The molecule has 0 saturated carbocycles. The van der Waals surface area contributed by atoms with Crippen molar-refractivity contribution in [1.82, 2.24) is 9.88 Å². The smallest absolute Gasteiger partial charge is 0.264 e. The third kappa shape index (κ3) is 2.87. The molecule has 7 heteroatoms. The zero-order valence-corrected chi connectivity index (χ0v) is 11.7. The molecule has 2 saturated heterocycles. The summed E-state index contributed by atoms with van der Waals surface area (Å²) in [6.07, 6.45) is -2.53. The highest BCUT2D eigenvalue weighted by molar-refractivity contribution is 6.29. The van der Waals surface area contributed by atoms with Gasteiger partial charge in [-0.1, -0.05) is 11.6 Å². The van der Waals surface area contributed by atoms with E-state index in [0.29, 0.717) is 11.9 Å². The minimum atomic E-state index is -2.53. The van der Waals surface area contributed by atoms with Gasteiger partial charge in [0.2, 0.25) is 0 Å². The highest BCUT2D eigenvalue weighted by Gasteiger charge is 2.29. The Morgan fingerprint density at radius 1 is 1.20 bits per heavy atom. The molecule has 110 valence electrons. The zero-order chi connectivity index (χ0) is 14.1. The second kappa shape index (κ2) is 5.79. The second-order valence-corrected chi connectivity index (χ2v) is 5.48. The van der Waals surface area contributed by atoms with Gasteiger partial charge in [0.15, 0.2) is 0 Å². The van der Waals surface area contributed by atoms with Gasteiger partial charge in [0.1, 0.15) is 11.0 Å². The van der Waals surface area contributed by atoms with Gasteiger partial charge < -0.3 is 9.64 Å². The van der Waals surface area contributed by atoms with Crippen molar-refractivity contribution < 1.29 is 13.5 Å². The Balaban J connectivity index is 1.67. The molecule has 3 rings (SSSR count). The van der Waals surface area contributed by atoms with Crippen LogP contribution < -0.4 is 4.90 Å². The highest BCUT2D eigenvalue weighted by atomic mass is 35.5. The molecule has 1 aromatic heterocycles. The normalized spacial score (nSPS) is 21.3. The van der Waals surface area contributed by atoms with Crippen LogP contribution in [0.25, 0.3) is 0 Å². The van der Waals surface area contributed by atoms with E-state index < -0.39 is 6.43 Å². The highest BCUT2D eigenvalue weighted by Crippen LogP contribution is 2.26. The van der Waals surface area contributed by atoms with Gasteiger partial charge in [-0.25, -0.2) is 13.8 Å². The number of anilines is 1. The first kappa shape index (κ1) is 14.0. The van der Waals surface area contributed by atoms with Crippen molar-refractivity contribution in [2.24, 2.45) is 0 Å². The first-order valence-corrected chi connectivity index (χ1v) is 7.03. The van der Waals surface area contributed by atoms with E-state index in [1.165, 1.54) is 12.1 Å². The van der Waals surface area contributed by atoms with E-state index in [9.17, 15) is 8.78 Å². The topological polar surface area (TPSA) is 28.6 Å². The van der Waals surface area contributed by atoms with Gasteiger partial charge >= 0.3 is 0 Å². The molecule has 4 nitrogen and oxygen atoms in total. The van der Waals surface area contributed by atoms with Crippen LogP contribution in [0.15, 0.2) is 12.1 Å². The molecular formula is C13H16ClF2N3O. The van der Waals surface area contributed by atoms with Crippen LogP contribution in [0.2, 0.25) is 5.15 Å². The quantitative estimate of drug-likeness (QED) is 0.801. The van der Waals surface area contributed by atoms with Crippen molar-refractivity contribution in [2.75, 3.05) is 44.3 Å². The van der Waals surface area contributed by atoms with Crippen LogP contribution in [-0.2, 0) is 4.74 Å². The molecule has 2 aliphatic rings. The van der Waals surface area contributed by atoms with Gasteiger partial charge in [0.25, 0.3) is 6.43 Å². The van der Waals surface area contributed by atoms with E-state index in [1.807, 2.05) is 4.90 Å². The molecule has 0 radical (unpaired) electrons. The van der Waals surface area contributed by atoms with Gasteiger partial charge in [0.05, 0.1) is 19.3 Å². The lowest BCUT2D eigenvalue weighted by molar-refractivity contribution is -0.0661. The summed E-state index contributed by atoms with van der Waals surface area (Å²) in [5.41, 5.74) is -0.0742. The van der Waals surface area contributed by atoms with E-state index >= 15 is 0 Å². The Morgan fingerprint density at radius 2 is 1.90 bits per heavy atom. The van der Waals surface area contributed by atoms with Gasteiger partial charge in [0, 0.05) is 31.7 Å². The summed E-state index contributed by atoms with van der Waals surface area (Å²) in [4.78, 5) is 8.54. The molecule has 3 heterocycles. The lowest BCUT2D eigenvalue weighted by atomic mass is 10.2. The first-order valence-electron chi connectivity index (χ1n) is 6.66. The molecule has 0 bridgehead atoms. The predicted octanol–water partition coefficient (Wildman–Crippen LogP) is 2.19. The molecule has 2 fully saturated rings. The van der Waals surface area contributed by atoms with E-state index in [-0.39, 0.29) is 10.7 Å². The fourth-order valence-electron chi connectivity index (χ4n) is 2.54. The summed E-state index contributed by atoms with van der Waals surface area (Å²) < 4.78 is 30.8. The Kier molecular flexibility index (Phi) is 4.05. The van der Waals surface area contributed by atoms with Gasteiger partial charge in [-0.15, -0.1) is 0 Å². The Morgan fingerprint density at radius 3 is 2.45 bits per heavy atom. The molecule has 0 aliphatic carbocycles. The van der Waals surface area contributed by atoms with Crippen LogP contribution in [-0.4, -0.2) is 55.3 Å². The third-order valence-corrected chi connectivity index (χ3v) is 4.02. The number of halogens is 3. The first-order chi connectivity index (χ1) is 9.63. The number of rotatable bonds is 3. The Labute approximate surface area is 121 Å². The zero-order valence-electron chi connectivity index (χ0n) is 10.9. The lowest BCUT2D eigenvalue weighted by Gasteiger charge is -2.42. The molecule has 2 aliphatic heterocycles. The van der Waals surface area contributed by atoms with Crippen molar-refractivity contribution in [3.8, 4) is 0 Å². The van der Waals surface area contributed by atoms with Crippen LogP contribution in [0.3, 0.4) is 0 Å². The second-order valence-electron chi connectivity index (χ2n) is 5.10. The summed E-state index contributed by atoms with van der Waals surface area (Å²) in [5, 5.41) is 0.118. The average molecular weight is 304 g/mol. The van der Waals surface area contributed by atoms with Crippen LogP contribution >= 0.6 is 11.6 Å². The van der Waals surface area contributed by atoms with E-state index in [0.717, 1.165) is 39.4 Å². The van der Waals surface area contributed by atoms with Gasteiger partial charge in [-0.2, -0.15) is 0 Å². The summed E-state index contributed by atoms with van der Waals surface area (Å²) in [6.45, 7) is 4.92. The Bertz CT molecular complexity index is 477. The van der Waals surface area contributed by atoms with E-state index in [1.54, 1.807) is 0 Å². The number of alkyl halides is 2. The predicted molar refractivity (Wildman–Crippen MR) is 72.6 cm³/mol. The molecular weight excluding hydrogens is 288 g/mol. The largest absolute Gasteiger partial charge is 0.378 e. The maximum atomic E-state index is 12.8. The van der Waals surface area contributed by atoms with E-state index in [2.05, 4.69) is 9.88 Å². The summed E-state index contributed by atoms with van der Waals surface area (Å²) in [7, 11) is 0. The molecule has 20 heavy (non-hydrogen) atoms. The molecule has 0 spiro atoms. The SMILES string of the molecule is FC(F)c1cc(Cl)nc(N2CCN(C3COC3)CC2)c1. The Hall–Kier alpha value is -0.980. The summed E-state index contributed by atoms with van der Waals surface area (Å²) in [6, 6.07) is 3.16. The molecule has 0 amide bonds. The summed E-state index contributed by atoms with van der Waals surface area (Å²) >= 11 is 5.83. The number of nitrogens with zero attached hydrogens (tertiary/aromatic N) is 3. The number of pyridine rings is 1. The van der Waals surface area contributed by atoms with Crippen molar-refractivity contribution in [3.05, 3.63) is 22.8 Å². The average Bonchev–Trinajstić information content (AvgIpc) is 2.37. The minimum absolute atomic E-state index is 0.0742. The van der Waals surface area contributed by atoms with Crippen LogP contribution in [0, 0.1) is 0 Å². The minimum Gasteiger partial charge on any atom is -0.378 e. The maximum absolute atomic E-state index is 12.8. The van der Waals surface area contributed by atoms with Crippen LogP contribution in [0.1, 0.15) is 12.0 Å². The van der Waals surface area contributed by atoms with Gasteiger partial charge in [-0.3, -0.25) is 4.90 Å². The van der Waals surface area contributed by atoms with Crippen LogP contribution in [0.5, 0.6) is 0 Å². The number of hydrogen-bond acceptors (Lipinski definition) is 4. The van der Waals surface area contributed by atoms with Crippen molar-refractivity contribution in [2.45, 2.75) is 12.5 Å². The lowest BCUT2D eigenvalue weighted by Crippen LogP contribution is -2.56. The van der Waals surface area contributed by atoms with Crippen molar-refractivity contribution >= 4 is 17.4 Å². The van der Waals surface area contributed by atoms with Crippen LogP contribution in [0.4, 0.5) is 14.6 Å². The summed E-state index contributed by atoms with van der Waals surface area (Å²) in [5.74, 6) is 0.539. The number of ether oxygens (including phenoxy) is 1. The molecule has 0 aromatic carbocycles. The maximum Gasteiger partial charge on any atom is 0.264 e. The fraction of sp³-hybridized carbons (Fsp3) is 0.615. The van der Waals surface area contributed by atoms with Crippen molar-refractivity contribution in [1.29, 1.82) is 0 Å². The number of piperazine rings is 1. The third-order valence-electron chi connectivity index (χ3n) is 3.83. The molecule has 0 atom stereocenters. The molecule has 0 N–H and O–H groups in total. The fourth-order valence-corrected chi connectivity index (χ4v) is 2.75. The van der Waals surface area contributed by atoms with Crippen molar-refractivity contribution in [3.63, 3.8) is 0 Å². The molecule has 1 aromatic rings. The van der Waals surface area contributed by atoms with Gasteiger partial charge in [-0.05, 0) is 12.1 Å².